The second-order valence-corrected chi connectivity index (χ2v) is 15.4. The summed E-state index contributed by atoms with van der Waals surface area (Å²) in [6.45, 7) is 0. The summed E-state index contributed by atoms with van der Waals surface area (Å²) >= 11 is 1.79. The Labute approximate surface area is 330 Å². The third-order valence-electron chi connectivity index (χ3n) is 11.0. The fourth-order valence-corrected chi connectivity index (χ4v) is 9.41. The summed E-state index contributed by atoms with van der Waals surface area (Å²) in [4.78, 5) is 15.1. The maximum absolute atomic E-state index is 6.46. The lowest BCUT2D eigenvalue weighted by molar-refractivity contribution is 0.669. The zero-order chi connectivity index (χ0) is 37.5. The van der Waals surface area contributed by atoms with Crippen LogP contribution in [0, 0.1) is 0 Å². The normalized spacial score (nSPS) is 11.9. The molecule has 57 heavy (non-hydrogen) atoms. The van der Waals surface area contributed by atoms with E-state index in [1.165, 1.54) is 20.2 Å². The molecule has 8 aromatic carbocycles. The van der Waals surface area contributed by atoms with Gasteiger partial charge in [0.1, 0.15) is 22.3 Å². The monoisotopic (exact) mass is 747 g/mol. The molecule has 0 radical (unpaired) electrons. The van der Waals surface area contributed by atoms with Crippen LogP contribution in [0.3, 0.4) is 0 Å². The number of fused-ring (bicyclic) bond motifs is 9. The molecule has 0 saturated heterocycles. The number of hydrogen-bond donors (Lipinski definition) is 0. The Morgan fingerprint density at radius 2 is 0.825 bits per heavy atom. The number of hydrogen-bond acceptors (Lipinski definition) is 6. The summed E-state index contributed by atoms with van der Waals surface area (Å²) in [6.07, 6.45) is 0. The summed E-state index contributed by atoms with van der Waals surface area (Å²) in [7, 11) is 0. The van der Waals surface area contributed by atoms with Gasteiger partial charge in [0.2, 0.25) is 0 Å². The molecule has 0 bridgehead atoms. The highest BCUT2D eigenvalue weighted by molar-refractivity contribution is 7.25. The maximum atomic E-state index is 6.46. The first kappa shape index (κ1) is 31.9. The Kier molecular flexibility index (Phi) is 7.03. The van der Waals surface area contributed by atoms with E-state index < -0.39 is 0 Å². The predicted octanol–water partition coefficient (Wildman–Crippen LogP) is 14.4. The zero-order valence-corrected chi connectivity index (χ0v) is 31.1. The third-order valence-corrected chi connectivity index (χ3v) is 12.1. The van der Waals surface area contributed by atoms with Gasteiger partial charge in [0.25, 0.3) is 0 Å². The molecule has 4 heterocycles. The van der Waals surface area contributed by atoms with Crippen LogP contribution in [0.25, 0.3) is 120 Å². The molecule has 266 valence electrons. The van der Waals surface area contributed by atoms with Gasteiger partial charge in [-0.05, 0) is 53.1 Å². The minimum absolute atomic E-state index is 0.597. The van der Waals surface area contributed by atoms with E-state index in [1.807, 2.05) is 66.7 Å². The highest BCUT2D eigenvalue weighted by atomic mass is 32.1. The van der Waals surface area contributed by atoms with E-state index in [2.05, 4.69) is 109 Å². The average molecular weight is 748 g/mol. The lowest BCUT2D eigenvalue weighted by Gasteiger charge is -2.11. The smallest absolute Gasteiger partial charge is 0.164 e. The number of furan rings is 2. The van der Waals surface area contributed by atoms with E-state index >= 15 is 0 Å². The molecular weight excluding hydrogens is 719 g/mol. The van der Waals surface area contributed by atoms with Crippen molar-refractivity contribution in [3.8, 4) is 56.4 Å². The van der Waals surface area contributed by atoms with Crippen molar-refractivity contribution in [1.82, 2.24) is 15.0 Å². The molecule has 5 nitrogen and oxygen atoms in total. The van der Waals surface area contributed by atoms with Crippen molar-refractivity contribution in [1.29, 1.82) is 0 Å². The molecule has 0 aliphatic carbocycles. The van der Waals surface area contributed by atoms with Crippen molar-refractivity contribution in [2.24, 2.45) is 0 Å². The van der Waals surface area contributed by atoms with Crippen LogP contribution in [-0.4, -0.2) is 15.0 Å². The first-order valence-electron chi connectivity index (χ1n) is 18.9. The van der Waals surface area contributed by atoms with Crippen LogP contribution in [-0.2, 0) is 0 Å². The predicted molar refractivity (Wildman–Crippen MR) is 234 cm³/mol. The topological polar surface area (TPSA) is 65.0 Å². The standard InChI is InChI=1S/C51H29N3O2S/c1-2-11-30(12-3-1)49-52-50(32-22-24-38-36-15-6-8-19-43(36)55-45(38)27-32)54-51(53-49)33-23-26-40-39-25-21-31(28-46(39)57-47(40)29-33)34-13-4-5-14-35(34)41-17-10-18-42-37-16-7-9-20-44(37)56-48(41)42/h1-29H. The number of nitrogens with zero attached hydrogens (tertiary/aromatic N) is 3. The number of para-hydroxylation sites is 3. The van der Waals surface area contributed by atoms with Crippen LogP contribution in [0.4, 0.5) is 0 Å². The minimum Gasteiger partial charge on any atom is -0.456 e. The largest absolute Gasteiger partial charge is 0.456 e. The van der Waals surface area contributed by atoms with Gasteiger partial charge in [0.15, 0.2) is 17.5 Å². The Hall–Kier alpha value is -7.41. The molecule has 6 heteroatoms. The zero-order valence-electron chi connectivity index (χ0n) is 30.3. The van der Waals surface area contributed by atoms with Crippen molar-refractivity contribution < 1.29 is 8.83 Å². The van der Waals surface area contributed by atoms with Gasteiger partial charge in [-0.15, -0.1) is 11.3 Å². The molecule has 0 atom stereocenters. The van der Waals surface area contributed by atoms with Crippen LogP contribution >= 0.6 is 11.3 Å². The van der Waals surface area contributed by atoms with Crippen LogP contribution in [0.5, 0.6) is 0 Å². The molecule has 12 rings (SSSR count). The molecule has 0 aliphatic heterocycles. The molecule has 0 saturated carbocycles. The highest BCUT2D eigenvalue weighted by Gasteiger charge is 2.18. The number of aromatic nitrogens is 3. The average Bonchev–Trinajstić information content (AvgIpc) is 3.97. The molecule has 0 aliphatic rings. The van der Waals surface area contributed by atoms with E-state index in [9.17, 15) is 0 Å². The van der Waals surface area contributed by atoms with Gasteiger partial charge in [-0.2, -0.15) is 0 Å². The summed E-state index contributed by atoms with van der Waals surface area (Å²) in [5.74, 6) is 1.84. The SMILES string of the molecule is c1ccc(-c2nc(-c3ccc4c(c3)oc3ccccc34)nc(-c3ccc4c(c3)sc3cc(-c5ccccc5-c5cccc6c5oc5ccccc56)ccc34)n2)cc1. The summed E-state index contributed by atoms with van der Waals surface area (Å²) in [5.41, 5.74) is 10.8. The highest BCUT2D eigenvalue weighted by Crippen LogP contribution is 2.43. The Morgan fingerprint density at radius 1 is 0.316 bits per heavy atom. The first-order valence-corrected chi connectivity index (χ1v) is 19.7. The van der Waals surface area contributed by atoms with Gasteiger partial charge in [0.05, 0.1) is 0 Å². The van der Waals surface area contributed by atoms with E-state index in [-0.39, 0.29) is 0 Å². The van der Waals surface area contributed by atoms with E-state index in [4.69, 9.17) is 23.8 Å². The molecule has 0 fully saturated rings. The molecule has 0 amide bonds. The van der Waals surface area contributed by atoms with Crippen molar-refractivity contribution in [2.45, 2.75) is 0 Å². The second kappa shape index (κ2) is 12.6. The van der Waals surface area contributed by atoms with Crippen LogP contribution in [0.2, 0.25) is 0 Å². The lowest BCUT2D eigenvalue weighted by atomic mass is 9.93. The summed E-state index contributed by atoms with van der Waals surface area (Å²) in [6, 6.07) is 61.1. The van der Waals surface area contributed by atoms with Crippen LogP contribution in [0.1, 0.15) is 0 Å². The van der Waals surface area contributed by atoms with Crippen molar-refractivity contribution in [3.05, 3.63) is 176 Å². The van der Waals surface area contributed by atoms with Gasteiger partial charge >= 0.3 is 0 Å². The lowest BCUT2D eigenvalue weighted by Crippen LogP contribution is -2.00. The third kappa shape index (κ3) is 5.19. The Morgan fingerprint density at radius 3 is 1.58 bits per heavy atom. The van der Waals surface area contributed by atoms with E-state index in [0.717, 1.165) is 82.8 Å². The summed E-state index contributed by atoms with van der Waals surface area (Å²) in [5, 5.41) is 6.85. The first-order chi connectivity index (χ1) is 28.2. The molecule has 4 aromatic heterocycles. The summed E-state index contributed by atoms with van der Waals surface area (Å²) < 4.78 is 15.1. The Bertz CT molecular complexity index is 3540. The van der Waals surface area contributed by atoms with Gasteiger partial charge in [-0.3, -0.25) is 0 Å². The van der Waals surface area contributed by atoms with Gasteiger partial charge in [0, 0.05) is 64.0 Å². The molecule has 0 unspecified atom stereocenters. The van der Waals surface area contributed by atoms with Crippen LogP contribution in [0.15, 0.2) is 185 Å². The quantitative estimate of drug-likeness (QED) is 0.175. The molecule has 0 N–H and O–H groups in total. The molecule has 12 aromatic rings. The van der Waals surface area contributed by atoms with Crippen molar-refractivity contribution in [2.75, 3.05) is 0 Å². The van der Waals surface area contributed by atoms with Crippen LogP contribution < -0.4 is 0 Å². The van der Waals surface area contributed by atoms with E-state index in [1.54, 1.807) is 11.3 Å². The van der Waals surface area contributed by atoms with Gasteiger partial charge < -0.3 is 8.83 Å². The fraction of sp³-hybridized carbons (Fsp3) is 0. The molecule has 0 spiro atoms. The minimum atomic E-state index is 0.597. The number of benzene rings is 8. The van der Waals surface area contributed by atoms with E-state index in [0.29, 0.717) is 17.5 Å². The molecular formula is C51H29N3O2S. The van der Waals surface area contributed by atoms with Crippen molar-refractivity contribution in [3.63, 3.8) is 0 Å². The number of thiophene rings is 1. The van der Waals surface area contributed by atoms with Gasteiger partial charge in [-0.1, -0.05) is 140 Å². The maximum Gasteiger partial charge on any atom is 0.164 e. The fourth-order valence-electron chi connectivity index (χ4n) is 8.23. The van der Waals surface area contributed by atoms with Crippen molar-refractivity contribution >= 4 is 75.4 Å². The van der Waals surface area contributed by atoms with Gasteiger partial charge in [-0.25, -0.2) is 15.0 Å². The number of rotatable bonds is 5. The Balaban J connectivity index is 0.964. The second-order valence-electron chi connectivity index (χ2n) is 14.3.